The van der Waals surface area contributed by atoms with Crippen LogP contribution in [-0.2, 0) is 24.4 Å². The van der Waals surface area contributed by atoms with Crippen LogP contribution in [0.2, 0.25) is 5.02 Å². The zero-order chi connectivity index (χ0) is 26.6. The highest BCUT2D eigenvalue weighted by Gasteiger charge is 2.46. The zero-order valence-corrected chi connectivity index (χ0v) is 21.7. The molecule has 38 heavy (non-hydrogen) atoms. The number of fused-ring (bicyclic) bond motifs is 1. The number of rotatable bonds is 7. The van der Waals surface area contributed by atoms with Crippen molar-refractivity contribution in [3.05, 3.63) is 106 Å². The van der Waals surface area contributed by atoms with Crippen molar-refractivity contribution in [2.45, 2.75) is 51.4 Å². The molecule has 0 aromatic heterocycles. The minimum absolute atomic E-state index is 0.127. The SMILES string of the molecule is O=C(NCc1ccccc1Cl)c1ccc(CN2C(=O)C3CCCCC3N(Cc3ccc(F)cc3)C2=O)cc1. The van der Waals surface area contributed by atoms with Crippen LogP contribution in [-0.4, -0.2) is 33.7 Å². The second kappa shape index (κ2) is 11.4. The highest BCUT2D eigenvalue weighted by molar-refractivity contribution is 6.31. The lowest BCUT2D eigenvalue weighted by Gasteiger charge is -2.47. The third kappa shape index (κ3) is 5.58. The van der Waals surface area contributed by atoms with E-state index in [0.717, 1.165) is 42.4 Å². The Balaban J connectivity index is 1.28. The zero-order valence-electron chi connectivity index (χ0n) is 20.9. The molecule has 1 aliphatic heterocycles. The summed E-state index contributed by atoms with van der Waals surface area (Å²) >= 11 is 6.17. The number of carbonyl (C=O) groups is 3. The third-order valence-corrected chi connectivity index (χ3v) is 7.78. The maximum atomic E-state index is 13.6. The van der Waals surface area contributed by atoms with Gasteiger partial charge in [0.05, 0.1) is 12.5 Å². The fourth-order valence-electron chi connectivity index (χ4n) is 5.34. The molecule has 2 atom stereocenters. The Morgan fingerprint density at radius 2 is 1.55 bits per heavy atom. The molecule has 2 aliphatic rings. The van der Waals surface area contributed by atoms with Crippen LogP contribution >= 0.6 is 11.6 Å². The Morgan fingerprint density at radius 1 is 0.895 bits per heavy atom. The molecule has 2 fully saturated rings. The fraction of sp³-hybridized carbons (Fsp3) is 0.300. The summed E-state index contributed by atoms with van der Waals surface area (Å²) in [6.07, 6.45) is 3.46. The van der Waals surface area contributed by atoms with Crippen LogP contribution in [0.5, 0.6) is 0 Å². The molecule has 3 aromatic rings. The smallest absolute Gasteiger partial charge is 0.327 e. The van der Waals surface area contributed by atoms with Gasteiger partial charge in [-0.25, -0.2) is 9.18 Å². The van der Waals surface area contributed by atoms with Crippen LogP contribution in [0.4, 0.5) is 9.18 Å². The van der Waals surface area contributed by atoms with Gasteiger partial charge in [0.15, 0.2) is 0 Å². The number of amides is 4. The van der Waals surface area contributed by atoms with Gasteiger partial charge in [-0.15, -0.1) is 0 Å². The van der Waals surface area contributed by atoms with Crippen molar-refractivity contribution in [2.24, 2.45) is 5.92 Å². The summed E-state index contributed by atoms with van der Waals surface area (Å²) in [5, 5.41) is 3.45. The van der Waals surface area contributed by atoms with Crippen LogP contribution in [0, 0.1) is 11.7 Å². The van der Waals surface area contributed by atoms with Gasteiger partial charge < -0.3 is 10.2 Å². The number of imide groups is 1. The summed E-state index contributed by atoms with van der Waals surface area (Å²) in [6.45, 7) is 0.764. The molecule has 196 valence electrons. The van der Waals surface area contributed by atoms with Gasteiger partial charge in [0.1, 0.15) is 5.82 Å². The molecular weight excluding hydrogens is 505 g/mol. The minimum Gasteiger partial charge on any atom is -0.348 e. The molecule has 0 spiro atoms. The predicted octanol–water partition coefficient (Wildman–Crippen LogP) is 5.93. The van der Waals surface area contributed by atoms with Crippen molar-refractivity contribution in [1.29, 1.82) is 0 Å². The van der Waals surface area contributed by atoms with Crippen LogP contribution in [0.15, 0.2) is 72.8 Å². The first kappa shape index (κ1) is 25.9. The fourth-order valence-corrected chi connectivity index (χ4v) is 5.55. The molecule has 1 heterocycles. The number of nitrogens with zero attached hydrogens (tertiary/aromatic N) is 2. The predicted molar refractivity (Wildman–Crippen MR) is 143 cm³/mol. The molecule has 1 saturated heterocycles. The van der Waals surface area contributed by atoms with Gasteiger partial charge >= 0.3 is 6.03 Å². The molecular formula is C30H29ClFN3O3. The first-order chi connectivity index (χ1) is 18.4. The van der Waals surface area contributed by atoms with Crippen molar-refractivity contribution in [3.63, 3.8) is 0 Å². The maximum Gasteiger partial charge on any atom is 0.327 e. The monoisotopic (exact) mass is 533 g/mol. The number of urea groups is 1. The summed E-state index contributed by atoms with van der Waals surface area (Å²) in [4.78, 5) is 42.7. The Bertz CT molecular complexity index is 1330. The highest BCUT2D eigenvalue weighted by Crippen LogP contribution is 2.36. The van der Waals surface area contributed by atoms with Gasteiger partial charge in [-0.05, 0) is 59.9 Å². The minimum atomic E-state index is -0.330. The lowest BCUT2D eigenvalue weighted by molar-refractivity contribution is -0.141. The van der Waals surface area contributed by atoms with E-state index in [2.05, 4.69) is 5.32 Å². The van der Waals surface area contributed by atoms with Crippen LogP contribution in [0.1, 0.15) is 52.7 Å². The molecule has 3 aromatic carbocycles. The number of benzene rings is 3. The normalized spacial score (nSPS) is 19.3. The summed E-state index contributed by atoms with van der Waals surface area (Å²) in [5.74, 6) is -0.947. The average molecular weight is 534 g/mol. The van der Waals surface area contributed by atoms with E-state index >= 15 is 0 Å². The molecule has 4 amide bonds. The largest absolute Gasteiger partial charge is 0.348 e. The molecule has 1 N–H and O–H groups in total. The molecule has 1 aliphatic carbocycles. The molecule has 0 bridgehead atoms. The lowest BCUT2D eigenvalue weighted by atomic mass is 9.81. The molecule has 8 heteroatoms. The summed E-state index contributed by atoms with van der Waals surface area (Å²) < 4.78 is 13.4. The number of hydrogen-bond donors (Lipinski definition) is 1. The third-order valence-electron chi connectivity index (χ3n) is 7.41. The summed E-state index contributed by atoms with van der Waals surface area (Å²) in [7, 11) is 0. The van der Waals surface area contributed by atoms with Gasteiger partial charge in [-0.2, -0.15) is 0 Å². The Hall–Kier alpha value is -3.71. The van der Waals surface area contributed by atoms with Gasteiger partial charge in [0.2, 0.25) is 5.91 Å². The quantitative estimate of drug-likeness (QED) is 0.409. The van der Waals surface area contributed by atoms with Gasteiger partial charge in [0.25, 0.3) is 5.91 Å². The van der Waals surface area contributed by atoms with E-state index < -0.39 is 0 Å². The van der Waals surface area contributed by atoms with Crippen molar-refractivity contribution >= 4 is 29.4 Å². The highest BCUT2D eigenvalue weighted by atomic mass is 35.5. The second-order valence-electron chi connectivity index (χ2n) is 9.89. The van der Waals surface area contributed by atoms with E-state index in [1.54, 1.807) is 47.4 Å². The molecule has 6 nitrogen and oxygen atoms in total. The number of hydrogen-bond acceptors (Lipinski definition) is 3. The maximum absolute atomic E-state index is 13.6. The van der Waals surface area contributed by atoms with E-state index in [1.165, 1.54) is 17.0 Å². The van der Waals surface area contributed by atoms with E-state index in [1.807, 2.05) is 18.2 Å². The Kier molecular flexibility index (Phi) is 7.74. The van der Waals surface area contributed by atoms with E-state index in [-0.39, 0.29) is 42.2 Å². The van der Waals surface area contributed by atoms with Gasteiger partial charge in [0, 0.05) is 29.7 Å². The van der Waals surface area contributed by atoms with Crippen LogP contribution in [0.3, 0.4) is 0 Å². The number of nitrogens with one attached hydrogen (secondary N) is 1. The first-order valence-electron chi connectivity index (χ1n) is 12.9. The Labute approximate surface area is 226 Å². The van der Waals surface area contributed by atoms with E-state index in [4.69, 9.17) is 11.6 Å². The molecule has 1 saturated carbocycles. The van der Waals surface area contributed by atoms with E-state index in [0.29, 0.717) is 23.7 Å². The van der Waals surface area contributed by atoms with Crippen molar-refractivity contribution in [3.8, 4) is 0 Å². The Morgan fingerprint density at radius 3 is 2.29 bits per heavy atom. The van der Waals surface area contributed by atoms with Gasteiger partial charge in [-0.3, -0.25) is 14.5 Å². The standard InChI is InChI=1S/C30H29ClFN3O3/c31-26-7-3-1-5-23(26)17-33-28(36)22-13-9-20(10-14-22)19-35-29(37)25-6-2-4-8-27(25)34(30(35)38)18-21-11-15-24(32)16-12-21/h1,3,5,7,9-16,25,27H,2,4,6,8,17-19H2,(H,33,36). The molecule has 0 radical (unpaired) electrons. The summed E-state index contributed by atoms with van der Waals surface area (Å²) in [6, 6.07) is 19.9. The van der Waals surface area contributed by atoms with Crippen LogP contribution < -0.4 is 5.32 Å². The first-order valence-corrected chi connectivity index (χ1v) is 13.3. The average Bonchev–Trinajstić information content (AvgIpc) is 2.94. The van der Waals surface area contributed by atoms with Crippen LogP contribution in [0.25, 0.3) is 0 Å². The van der Waals surface area contributed by atoms with E-state index in [9.17, 15) is 18.8 Å². The molecule has 5 rings (SSSR count). The number of halogens is 2. The number of carbonyl (C=O) groups excluding carboxylic acids is 3. The second-order valence-corrected chi connectivity index (χ2v) is 10.3. The van der Waals surface area contributed by atoms with Crippen molar-refractivity contribution in [2.75, 3.05) is 0 Å². The van der Waals surface area contributed by atoms with Crippen molar-refractivity contribution in [1.82, 2.24) is 15.1 Å². The lowest BCUT2D eigenvalue weighted by Crippen LogP contribution is -2.61. The van der Waals surface area contributed by atoms with Gasteiger partial charge in [-0.1, -0.05) is 66.9 Å². The van der Waals surface area contributed by atoms with Crippen molar-refractivity contribution < 1.29 is 18.8 Å². The summed E-state index contributed by atoms with van der Waals surface area (Å²) in [5.41, 5.74) is 2.88. The topological polar surface area (TPSA) is 69.7 Å². The molecule has 2 unspecified atom stereocenters.